The van der Waals surface area contributed by atoms with Crippen LogP contribution in [0.15, 0.2) is 53.0 Å². The van der Waals surface area contributed by atoms with Gasteiger partial charge in [0.15, 0.2) is 0 Å². The van der Waals surface area contributed by atoms with Gasteiger partial charge in [0, 0.05) is 30.2 Å². The van der Waals surface area contributed by atoms with Gasteiger partial charge in [0.2, 0.25) is 0 Å². The van der Waals surface area contributed by atoms with Crippen LogP contribution in [0, 0.1) is 0 Å². The number of likely N-dealkylation sites (N-methyl/N-ethyl adjacent to an activating group) is 1. The van der Waals surface area contributed by atoms with Gasteiger partial charge in [0.1, 0.15) is 0 Å². The van der Waals surface area contributed by atoms with Crippen molar-refractivity contribution in [1.29, 1.82) is 0 Å². The molecule has 0 saturated carbocycles. The number of carbonyl (C=O) groups is 1. The fourth-order valence-corrected chi connectivity index (χ4v) is 2.73. The predicted molar refractivity (Wildman–Crippen MR) is 85.5 cm³/mol. The van der Waals surface area contributed by atoms with Crippen LogP contribution in [0.25, 0.3) is 0 Å². The molecule has 0 radical (unpaired) electrons. The Bertz CT molecular complexity index is 639. The Kier molecular flexibility index (Phi) is 3.49. The minimum absolute atomic E-state index is 0.0538. The second kappa shape index (κ2) is 5.29. The summed E-state index contributed by atoms with van der Waals surface area (Å²) in [5.74, 6) is 0.0538. The third-order valence-electron chi connectivity index (χ3n) is 3.58. The lowest BCUT2D eigenvalue weighted by Gasteiger charge is -2.35. The monoisotopic (exact) mass is 330 g/mol. The molecule has 0 aromatic heterocycles. The zero-order chi connectivity index (χ0) is 14.1. The molecule has 0 aliphatic carbocycles. The van der Waals surface area contributed by atoms with E-state index in [1.165, 1.54) is 0 Å². The van der Waals surface area contributed by atoms with Crippen molar-refractivity contribution in [1.82, 2.24) is 0 Å². The Morgan fingerprint density at radius 2 is 1.65 bits per heavy atom. The number of fused-ring (bicyclic) bond motifs is 1. The fraction of sp³-hybridized carbons (Fsp3) is 0.188. The first-order chi connectivity index (χ1) is 9.66. The molecular weight excluding hydrogens is 316 g/mol. The number of nitrogens with zero attached hydrogens (tertiary/aromatic N) is 2. The first-order valence-corrected chi connectivity index (χ1v) is 7.34. The Morgan fingerprint density at radius 3 is 2.35 bits per heavy atom. The minimum atomic E-state index is 0.0538. The largest absolute Gasteiger partial charge is 0.371 e. The summed E-state index contributed by atoms with van der Waals surface area (Å²) in [6.45, 7) is 1.56. The summed E-state index contributed by atoms with van der Waals surface area (Å²) in [6.07, 6.45) is 0. The molecule has 0 saturated heterocycles. The Balaban J connectivity index is 1.97. The van der Waals surface area contributed by atoms with Crippen molar-refractivity contribution in [3.8, 4) is 0 Å². The van der Waals surface area contributed by atoms with E-state index in [1.54, 1.807) is 0 Å². The van der Waals surface area contributed by atoms with Crippen LogP contribution in [-0.4, -0.2) is 26.0 Å². The van der Waals surface area contributed by atoms with Gasteiger partial charge in [-0.05, 0) is 36.4 Å². The average molecular weight is 331 g/mol. The maximum absolute atomic E-state index is 12.7. The van der Waals surface area contributed by atoms with E-state index in [1.807, 2.05) is 47.4 Å². The molecule has 2 aromatic carbocycles. The zero-order valence-electron chi connectivity index (χ0n) is 11.2. The molecule has 3 rings (SSSR count). The Hall–Kier alpha value is -1.81. The molecule has 4 heteroatoms. The van der Waals surface area contributed by atoms with E-state index < -0.39 is 0 Å². The molecule has 0 N–H and O–H groups in total. The highest BCUT2D eigenvalue weighted by Crippen LogP contribution is 2.32. The molecule has 0 unspecified atom stereocenters. The van der Waals surface area contributed by atoms with Gasteiger partial charge in [-0.3, -0.25) is 4.79 Å². The summed E-state index contributed by atoms with van der Waals surface area (Å²) < 4.78 is 0.979. The summed E-state index contributed by atoms with van der Waals surface area (Å²) in [4.78, 5) is 16.7. The van der Waals surface area contributed by atoms with Crippen molar-refractivity contribution >= 4 is 33.2 Å². The average Bonchev–Trinajstić information content (AvgIpc) is 2.48. The highest BCUT2D eigenvalue weighted by Gasteiger charge is 2.25. The molecule has 1 amide bonds. The van der Waals surface area contributed by atoms with E-state index in [-0.39, 0.29) is 5.91 Å². The van der Waals surface area contributed by atoms with Gasteiger partial charge in [0.05, 0.1) is 11.4 Å². The maximum atomic E-state index is 12.7. The van der Waals surface area contributed by atoms with Crippen LogP contribution < -0.4 is 9.80 Å². The topological polar surface area (TPSA) is 23.6 Å². The standard InChI is InChI=1S/C16H15BrN2O/c1-18-10-11-19(15-5-3-2-4-14(15)18)16(20)12-6-8-13(17)9-7-12/h2-9H,10-11H2,1H3. The van der Waals surface area contributed by atoms with Gasteiger partial charge in [0.25, 0.3) is 5.91 Å². The van der Waals surface area contributed by atoms with Crippen molar-refractivity contribution in [2.45, 2.75) is 0 Å². The molecule has 102 valence electrons. The highest BCUT2D eigenvalue weighted by molar-refractivity contribution is 9.10. The summed E-state index contributed by atoms with van der Waals surface area (Å²) in [7, 11) is 2.06. The molecule has 0 spiro atoms. The molecule has 0 bridgehead atoms. The van der Waals surface area contributed by atoms with Gasteiger partial charge < -0.3 is 9.80 Å². The molecule has 2 aromatic rings. The lowest BCUT2D eigenvalue weighted by molar-refractivity contribution is 0.0986. The second-order valence-corrected chi connectivity index (χ2v) is 5.79. The first kappa shape index (κ1) is 13.2. The normalized spacial score (nSPS) is 14.1. The number of rotatable bonds is 1. The second-order valence-electron chi connectivity index (χ2n) is 4.87. The Labute approximate surface area is 126 Å². The van der Waals surface area contributed by atoms with Crippen molar-refractivity contribution < 1.29 is 4.79 Å². The van der Waals surface area contributed by atoms with Crippen molar-refractivity contribution in [2.24, 2.45) is 0 Å². The number of amides is 1. The molecule has 0 atom stereocenters. The highest BCUT2D eigenvalue weighted by atomic mass is 79.9. The predicted octanol–water partition coefficient (Wildman–Crippen LogP) is 3.55. The SMILES string of the molecule is CN1CCN(C(=O)c2ccc(Br)cc2)c2ccccc21. The van der Waals surface area contributed by atoms with E-state index in [0.717, 1.165) is 22.4 Å². The number of anilines is 2. The smallest absolute Gasteiger partial charge is 0.258 e. The minimum Gasteiger partial charge on any atom is -0.371 e. The van der Waals surface area contributed by atoms with Crippen LogP contribution in [0.5, 0.6) is 0 Å². The fourth-order valence-electron chi connectivity index (χ4n) is 2.47. The molecule has 0 fully saturated rings. The number of hydrogen-bond acceptors (Lipinski definition) is 2. The summed E-state index contributed by atoms with van der Waals surface area (Å²) in [5, 5.41) is 0. The molecular formula is C16H15BrN2O. The van der Waals surface area contributed by atoms with Crippen LogP contribution in [0.2, 0.25) is 0 Å². The van der Waals surface area contributed by atoms with Crippen LogP contribution in [-0.2, 0) is 0 Å². The van der Waals surface area contributed by atoms with E-state index in [4.69, 9.17) is 0 Å². The summed E-state index contributed by atoms with van der Waals surface area (Å²) >= 11 is 3.39. The van der Waals surface area contributed by atoms with Crippen LogP contribution in [0.3, 0.4) is 0 Å². The van der Waals surface area contributed by atoms with Crippen LogP contribution >= 0.6 is 15.9 Å². The van der Waals surface area contributed by atoms with Crippen LogP contribution in [0.4, 0.5) is 11.4 Å². The van der Waals surface area contributed by atoms with Crippen molar-refractivity contribution in [2.75, 3.05) is 29.9 Å². The molecule has 3 nitrogen and oxygen atoms in total. The van der Waals surface area contributed by atoms with E-state index in [9.17, 15) is 4.79 Å². The van der Waals surface area contributed by atoms with E-state index in [0.29, 0.717) is 12.1 Å². The first-order valence-electron chi connectivity index (χ1n) is 6.54. The lowest BCUT2D eigenvalue weighted by atomic mass is 10.1. The van der Waals surface area contributed by atoms with E-state index >= 15 is 0 Å². The van der Waals surface area contributed by atoms with Gasteiger partial charge in [-0.25, -0.2) is 0 Å². The Morgan fingerprint density at radius 1 is 1.00 bits per heavy atom. The van der Waals surface area contributed by atoms with E-state index in [2.05, 4.69) is 33.9 Å². The zero-order valence-corrected chi connectivity index (χ0v) is 12.8. The third kappa shape index (κ3) is 2.31. The third-order valence-corrected chi connectivity index (χ3v) is 4.11. The maximum Gasteiger partial charge on any atom is 0.258 e. The molecule has 1 aliphatic rings. The summed E-state index contributed by atoms with van der Waals surface area (Å²) in [5.41, 5.74) is 2.80. The number of carbonyl (C=O) groups excluding carboxylic acids is 1. The van der Waals surface area contributed by atoms with Crippen molar-refractivity contribution in [3.05, 3.63) is 58.6 Å². The number of benzene rings is 2. The van der Waals surface area contributed by atoms with Crippen LogP contribution in [0.1, 0.15) is 10.4 Å². The van der Waals surface area contributed by atoms with Gasteiger partial charge in [-0.15, -0.1) is 0 Å². The van der Waals surface area contributed by atoms with Crippen molar-refractivity contribution in [3.63, 3.8) is 0 Å². The lowest BCUT2D eigenvalue weighted by Crippen LogP contribution is -2.42. The molecule has 1 heterocycles. The number of hydrogen-bond donors (Lipinski definition) is 0. The quantitative estimate of drug-likeness (QED) is 0.798. The molecule has 20 heavy (non-hydrogen) atoms. The number of para-hydroxylation sites is 2. The molecule has 1 aliphatic heterocycles. The van der Waals surface area contributed by atoms with Gasteiger partial charge in [-0.1, -0.05) is 28.1 Å². The summed E-state index contributed by atoms with van der Waals surface area (Å²) in [6, 6.07) is 15.5. The number of halogens is 1. The van der Waals surface area contributed by atoms with Gasteiger partial charge in [-0.2, -0.15) is 0 Å². The van der Waals surface area contributed by atoms with Gasteiger partial charge >= 0.3 is 0 Å².